The number of nitrogens with zero attached hydrogens (tertiary/aromatic N) is 5. The number of aromatic nitrogens is 5. The molecule has 7 nitrogen and oxygen atoms in total. The second-order valence-electron chi connectivity index (χ2n) is 6.00. The van der Waals surface area contributed by atoms with Gasteiger partial charge in [-0.05, 0) is 25.3 Å². The molecule has 0 spiro atoms. The van der Waals surface area contributed by atoms with Gasteiger partial charge in [0.25, 0.3) is 5.95 Å². The predicted molar refractivity (Wildman–Crippen MR) is 83.7 cm³/mol. The molecule has 2 aromatic heterocycles. The van der Waals surface area contributed by atoms with E-state index >= 15 is 0 Å². The van der Waals surface area contributed by atoms with Crippen molar-refractivity contribution in [2.45, 2.75) is 40.7 Å². The molecule has 0 saturated heterocycles. The van der Waals surface area contributed by atoms with E-state index in [-0.39, 0.29) is 11.5 Å². The van der Waals surface area contributed by atoms with Crippen LogP contribution >= 0.6 is 0 Å². The Balaban J connectivity index is 2.32. The fourth-order valence-corrected chi connectivity index (χ4v) is 1.57. The summed E-state index contributed by atoms with van der Waals surface area (Å²) in [5.41, 5.74) is 0.108. The average Bonchev–Trinajstić information content (AvgIpc) is 2.91. The van der Waals surface area contributed by atoms with E-state index < -0.39 is 0 Å². The zero-order valence-corrected chi connectivity index (χ0v) is 13.3. The number of anilines is 2. The molecule has 0 amide bonds. The maximum Gasteiger partial charge on any atom is 0.257 e. The van der Waals surface area contributed by atoms with Crippen LogP contribution in [0.1, 0.15) is 34.6 Å². The molecule has 114 valence electrons. The molecule has 0 bridgehead atoms. The van der Waals surface area contributed by atoms with E-state index in [4.69, 9.17) is 0 Å². The van der Waals surface area contributed by atoms with Crippen molar-refractivity contribution in [2.75, 3.05) is 17.2 Å². The molecule has 0 fully saturated rings. The Hall–Kier alpha value is -2.18. The predicted octanol–water partition coefficient (Wildman–Crippen LogP) is 2.34. The third-order valence-corrected chi connectivity index (χ3v) is 3.31. The van der Waals surface area contributed by atoms with E-state index in [1.54, 1.807) is 10.9 Å². The summed E-state index contributed by atoms with van der Waals surface area (Å²) in [6, 6.07) is 2.06. The highest BCUT2D eigenvalue weighted by Gasteiger charge is 2.21. The summed E-state index contributed by atoms with van der Waals surface area (Å²) >= 11 is 0. The van der Waals surface area contributed by atoms with Crippen molar-refractivity contribution in [2.24, 2.45) is 5.41 Å². The van der Waals surface area contributed by atoms with Gasteiger partial charge in [0, 0.05) is 25.0 Å². The van der Waals surface area contributed by atoms with Crippen molar-refractivity contribution in [1.29, 1.82) is 0 Å². The van der Waals surface area contributed by atoms with Gasteiger partial charge in [-0.1, -0.05) is 20.8 Å². The quantitative estimate of drug-likeness (QED) is 0.879. The number of hydrogen-bond acceptors (Lipinski definition) is 6. The van der Waals surface area contributed by atoms with Crippen LogP contribution in [0.2, 0.25) is 0 Å². The maximum absolute atomic E-state index is 4.44. The number of hydrogen-bond donors (Lipinski definition) is 2. The molecule has 21 heavy (non-hydrogen) atoms. The Bertz CT molecular complexity index is 572. The topological polar surface area (TPSA) is 80.5 Å². The molecule has 0 aliphatic heterocycles. The van der Waals surface area contributed by atoms with Gasteiger partial charge in [0.15, 0.2) is 0 Å². The molecule has 1 unspecified atom stereocenters. The van der Waals surface area contributed by atoms with Gasteiger partial charge in [0.1, 0.15) is 0 Å². The van der Waals surface area contributed by atoms with Gasteiger partial charge in [-0.25, -0.2) is 4.68 Å². The van der Waals surface area contributed by atoms with E-state index in [2.05, 4.69) is 58.4 Å². The maximum atomic E-state index is 4.44. The number of rotatable bonds is 5. The zero-order chi connectivity index (χ0) is 15.5. The van der Waals surface area contributed by atoms with Crippen LogP contribution in [0.15, 0.2) is 18.5 Å². The molecule has 7 heteroatoms. The lowest BCUT2D eigenvalue weighted by Crippen LogP contribution is -2.32. The second-order valence-corrected chi connectivity index (χ2v) is 6.00. The summed E-state index contributed by atoms with van der Waals surface area (Å²) in [7, 11) is 0. The lowest BCUT2D eigenvalue weighted by Gasteiger charge is -2.28. The molecule has 2 N–H and O–H groups in total. The molecule has 2 rings (SSSR count). The van der Waals surface area contributed by atoms with Crippen molar-refractivity contribution in [3.05, 3.63) is 18.5 Å². The Labute approximate surface area is 125 Å². The van der Waals surface area contributed by atoms with Crippen LogP contribution in [0.3, 0.4) is 0 Å². The third-order valence-electron chi connectivity index (χ3n) is 3.31. The second kappa shape index (κ2) is 6.07. The highest BCUT2D eigenvalue weighted by molar-refractivity contribution is 5.38. The van der Waals surface area contributed by atoms with Crippen molar-refractivity contribution < 1.29 is 0 Å². The summed E-state index contributed by atoms with van der Waals surface area (Å²) in [6.07, 6.45) is 3.50. The minimum Gasteiger partial charge on any atom is -0.354 e. The van der Waals surface area contributed by atoms with Crippen LogP contribution in [0.4, 0.5) is 11.9 Å². The summed E-state index contributed by atoms with van der Waals surface area (Å²) in [5.74, 6) is 1.59. The van der Waals surface area contributed by atoms with Gasteiger partial charge in [-0.3, -0.25) is 0 Å². The first kappa shape index (κ1) is 15.2. The van der Waals surface area contributed by atoms with E-state index in [9.17, 15) is 0 Å². The van der Waals surface area contributed by atoms with E-state index in [1.165, 1.54) is 0 Å². The lowest BCUT2D eigenvalue weighted by molar-refractivity contribution is 0.358. The standard InChI is InChI=1S/C14H23N7/c1-6-15-11-18-12(17-10(2)14(3,4)5)20-13(19-11)21-9-7-8-16-21/h7-10H,6H2,1-5H3,(H2,15,17,18,19,20). The zero-order valence-electron chi connectivity index (χ0n) is 13.3. The first-order chi connectivity index (χ1) is 9.90. The molecular weight excluding hydrogens is 266 g/mol. The van der Waals surface area contributed by atoms with Gasteiger partial charge < -0.3 is 10.6 Å². The van der Waals surface area contributed by atoms with E-state index in [1.807, 2.05) is 19.2 Å². The third kappa shape index (κ3) is 3.90. The minimum absolute atomic E-state index is 0.108. The van der Waals surface area contributed by atoms with Crippen molar-refractivity contribution in [1.82, 2.24) is 24.7 Å². The molecule has 0 radical (unpaired) electrons. The van der Waals surface area contributed by atoms with Crippen LogP contribution in [0.5, 0.6) is 0 Å². The van der Waals surface area contributed by atoms with Crippen molar-refractivity contribution in [3.63, 3.8) is 0 Å². The lowest BCUT2D eigenvalue weighted by atomic mass is 9.88. The molecule has 0 aliphatic rings. The fraction of sp³-hybridized carbons (Fsp3) is 0.571. The highest BCUT2D eigenvalue weighted by atomic mass is 15.4. The van der Waals surface area contributed by atoms with Gasteiger partial charge in [0.2, 0.25) is 11.9 Å². The highest BCUT2D eigenvalue weighted by Crippen LogP contribution is 2.22. The van der Waals surface area contributed by atoms with Crippen molar-refractivity contribution >= 4 is 11.9 Å². The van der Waals surface area contributed by atoms with Gasteiger partial charge >= 0.3 is 0 Å². The normalized spacial score (nSPS) is 13.0. The van der Waals surface area contributed by atoms with Crippen LogP contribution in [0, 0.1) is 5.41 Å². The summed E-state index contributed by atoms with van der Waals surface area (Å²) in [5, 5.41) is 10.6. The van der Waals surface area contributed by atoms with Gasteiger partial charge in [-0.15, -0.1) is 0 Å². The number of nitrogens with one attached hydrogen (secondary N) is 2. The molecule has 0 aliphatic carbocycles. The van der Waals surface area contributed by atoms with Crippen molar-refractivity contribution in [3.8, 4) is 5.95 Å². The summed E-state index contributed by atoms with van der Waals surface area (Å²) < 4.78 is 1.62. The Kier molecular flexibility index (Phi) is 4.40. The fourth-order valence-electron chi connectivity index (χ4n) is 1.57. The molecule has 0 aromatic carbocycles. The smallest absolute Gasteiger partial charge is 0.257 e. The Morgan fingerprint density at radius 1 is 1.19 bits per heavy atom. The van der Waals surface area contributed by atoms with E-state index in [0.717, 1.165) is 6.54 Å². The van der Waals surface area contributed by atoms with Gasteiger partial charge in [0.05, 0.1) is 0 Å². The van der Waals surface area contributed by atoms with Crippen LogP contribution in [-0.2, 0) is 0 Å². The molecule has 1 atom stereocenters. The summed E-state index contributed by atoms with van der Waals surface area (Å²) in [6.45, 7) is 11.4. The molecule has 0 saturated carbocycles. The Morgan fingerprint density at radius 2 is 1.90 bits per heavy atom. The largest absolute Gasteiger partial charge is 0.354 e. The van der Waals surface area contributed by atoms with Crippen LogP contribution < -0.4 is 10.6 Å². The van der Waals surface area contributed by atoms with Crippen LogP contribution in [-0.4, -0.2) is 37.3 Å². The Morgan fingerprint density at radius 3 is 2.48 bits per heavy atom. The summed E-state index contributed by atoms with van der Waals surface area (Å²) in [4.78, 5) is 13.2. The van der Waals surface area contributed by atoms with Gasteiger partial charge in [-0.2, -0.15) is 20.1 Å². The average molecular weight is 289 g/mol. The molecular formula is C14H23N7. The first-order valence-corrected chi connectivity index (χ1v) is 7.16. The monoisotopic (exact) mass is 289 g/mol. The van der Waals surface area contributed by atoms with E-state index in [0.29, 0.717) is 17.8 Å². The minimum atomic E-state index is 0.108. The van der Waals surface area contributed by atoms with Crippen LogP contribution in [0.25, 0.3) is 5.95 Å². The SMILES string of the molecule is CCNc1nc(NC(C)C(C)(C)C)nc(-n2cccn2)n1. The molecule has 2 heterocycles. The molecule has 2 aromatic rings. The first-order valence-electron chi connectivity index (χ1n) is 7.16.